The number of aliphatic hydroxyl groups is 1. The van der Waals surface area contributed by atoms with Crippen molar-refractivity contribution in [2.45, 2.75) is 45.8 Å². The van der Waals surface area contributed by atoms with Crippen molar-refractivity contribution in [1.82, 2.24) is 9.55 Å². The fraction of sp³-hybridized carbons (Fsp3) is 0.438. The van der Waals surface area contributed by atoms with Crippen LogP contribution in [0, 0.1) is 0 Å². The summed E-state index contributed by atoms with van der Waals surface area (Å²) in [5.74, 6) is 1.04. The molecule has 0 bridgehead atoms. The van der Waals surface area contributed by atoms with Crippen LogP contribution in [0.1, 0.15) is 33.0 Å². The van der Waals surface area contributed by atoms with Gasteiger partial charge < -0.3 is 9.67 Å². The lowest BCUT2D eigenvalue weighted by Crippen LogP contribution is -2.27. The summed E-state index contributed by atoms with van der Waals surface area (Å²) in [6.45, 7) is 6.37. The minimum atomic E-state index is -0.743. The molecule has 3 nitrogen and oxygen atoms in total. The smallest absolute Gasteiger partial charge is 0.109 e. The lowest BCUT2D eigenvalue weighted by molar-refractivity contribution is 0.0610. The van der Waals surface area contributed by atoms with E-state index in [1.165, 1.54) is 0 Å². The molecule has 102 valence electrons. The van der Waals surface area contributed by atoms with Gasteiger partial charge in [0.15, 0.2) is 0 Å². The molecule has 3 heteroatoms. The van der Waals surface area contributed by atoms with E-state index in [0.717, 1.165) is 29.9 Å². The predicted molar refractivity (Wildman–Crippen MR) is 78.0 cm³/mol. The molecule has 0 aliphatic carbocycles. The lowest BCUT2D eigenvalue weighted by atomic mass is 10.1. The highest BCUT2D eigenvalue weighted by Crippen LogP contribution is 2.23. The van der Waals surface area contributed by atoms with Crippen LogP contribution in [0.2, 0.25) is 0 Å². The third kappa shape index (κ3) is 3.44. The largest absolute Gasteiger partial charge is 0.389 e. The Bertz CT molecular complexity index is 523. The van der Waals surface area contributed by atoms with Crippen molar-refractivity contribution in [3.8, 4) is 11.3 Å². The van der Waals surface area contributed by atoms with E-state index < -0.39 is 5.60 Å². The Morgan fingerprint density at radius 3 is 2.47 bits per heavy atom. The average molecular weight is 258 g/mol. The highest BCUT2D eigenvalue weighted by Gasteiger charge is 2.19. The third-order valence-electron chi connectivity index (χ3n) is 3.03. The summed E-state index contributed by atoms with van der Waals surface area (Å²) < 4.78 is 2.14. The van der Waals surface area contributed by atoms with Crippen molar-refractivity contribution in [3.63, 3.8) is 0 Å². The molecule has 0 amide bonds. The quantitative estimate of drug-likeness (QED) is 0.893. The van der Waals surface area contributed by atoms with Crippen molar-refractivity contribution in [2.75, 3.05) is 0 Å². The molecule has 19 heavy (non-hydrogen) atoms. The predicted octanol–water partition coefficient (Wildman–Crippen LogP) is 3.27. The SMILES string of the molecule is CCCc1ncc(-c2ccccc2)n1CC(C)(C)O. The normalized spacial score (nSPS) is 11.8. The summed E-state index contributed by atoms with van der Waals surface area (Å²) in [6.07, 6.45) is 3.89. The minimum Gasteiger partial charge on any atom is -0.389 e. The Hall–Kier alpha value is -1.61. The molecule has 0 fully saturated rings. The number of aryl methyl sites for hydroxylation is 1. The molecular weight excluding hydrogens is 236 g/mol. The van der Waals surface area contributed by atoms with E-state index in [2.05, 4.69) is 28.6 Å². The molecule has 1 aromatic carbocycles. The zero-order valence-electron chi connectivity index (χ0n) is 11.9. The van der Waals surface area contributed by atoms with E-state index >= 15 is 0 Å². The second kappa shape index (κ2) is 5.57. The molecular formula is C16H22N2O. The van der Waals surface area contributed by atoms with Crippen LogP contribution < -0.4 is 0 Å². The van der Waals surface area contributed by atoms with Crippen molar-refractivity contribution >= 4 is 0 Å². The number of imidazole rings is 1. The molecule has 0 saturated carbocycles. The molecule has 2 aromatic rings. The topological polar surface area (TPSA) is 38.0 Å². The van der Waals surface area contributed by atoms with Gasteiger partial charge in [-0.25, -0.2) is 4.98 Å². The first-order chi connectivity index (χ1) is 9.01. The molecule has 1 N–H and O–H groups in total. The second-order valence-electron chi connectivity index (χ2n) is 5.57. The van der Waals surface area contributed by atoms with Gasteiger partial charge in [-0.15, -0.1) is 0 Å². The van der Waals surface area contributed by atoms with Gasteiger partial charge in [0.1, 0.15) is 5.82 Å². The van der Waals surface area contributed by atoms with Crippen LogP contribution in [-0.2, 0) is 13.0 Å². The monoisotopic (exact) mass is 258 g/mol. The zero-order valence-corrected chi connectivity index (χ0v) is 11.9. The number of hydrogen-bond acceptors (Lipinski definition) is 2. The standard InChI is InChI=1S/C16H22N2O/c1-4-8-15-17-11-14(13-9-6-5-7-10-13)18(15)12-16(2,3)19/h5-7,9-11,19H,4,8,12H2,1-3H3. The summed E-state index contributed by atoms with van der Waals surface area (Å²) >= 11 is 0. The van der Waals surface area contributed by atoms with Crippen molar-refractivity contribution in [1.29, 1.82) is 0 Å². The Kier molecular flexibility index (Phi) is 4.05. The third-order valence-corrected chi connectivity index (χ3v) is 3.03. The molecule has 0 atom stereocenters. The van der Waals surface area contributed by atoms with Gasteiger partial charge in [-0.2, -0.15) is 0 Å². The van der Waals surface area contributed by atoms with Gasteiger partial charge in [0, 0.05) is 6.42 Å². The minimum absolute atomic E-state index is 0.562. The van der Waals surface area contributed by atoms with Gasteiger partial charge in [0.25, 0.3) is 0 Å². The molecule has 0 saturated heterocycles. The van der Waals surface area contributed by atoms with Gasteiger partial charge in [0.2, 0.25) is 0 Å². The fourth-order valence-electron chi connectivity index (χ4n) is 2.24. The molecule has 0 radical (unpaired) electrons. The first-order valence-electron chi connectivity index (χ1n) is 6.83. The Balaban J connectivity index is 2.44. The van der Waals surface area contributed by atoms with Gasteiger partial charge in [-0.05, 0) is 25.8 Å². The number of aromatic nitrogens is 2. The molecule has 2 rings (SSSR count). The number of nitrogens with zero attached hydrogens (tertiary/aromatic N) is 2. The molecule has 1 aromatic heterocycles. The molecule has 0 aliphatic rings. The maximum Gasteiger partial charge on any atom is 0.109 e. The van der Waals surface area contributed by atoms with Crippen LogP contribution >= 0.6 is 0 Å². The van der Waals surface area contributed by atoms with Gasteiger partial charge >= 0.3 is 0 Å². The first kappa shape index (κ1) is 13.8. The average Bonchev–Trinajstić information content (AvgIpc) is 2.72. The first-order valence-corrected chi connectivity index (χ1v) is 6.83. The van der Waals surface area contributed by atoms with Crippen LogP contribution in [0.25, 0.3) is 11.3 Å². The highest BCUT2D eigenvalue weighted by atomic mass is 16.3. The summed E-state index contributed by atoms with van der Waals surface area (Å²) in [6, 6.07) is 10.2. The van der Waals surface area contributed by atoms with E-state index in [0.29, 0.717) is 6.54 Å². The van der Waals surface area contributed by atoms with E-state index in [9.17, 15) is 5.11 Å². The number of hydrogen-bond donors (Lipinski definition) is 1. The summed E-state index contributed by atoms with van der Waals surface area (Å²) in [5, 5.41) is 10.1. The maximum atomic E-state index is 10.1. The van der Waals surface area contributed by atoms with Crippen molar-refractivity contribution in [3.05, 3.63) is 42.4 Å². The zero-order chi connectivity index (χ0) is 13.9. The Labute approximate surface area is 114 Å². The van der Waals surface area contributed by atoms with Crippen LogP contribution in [0.3, 0.4) is 0 Å². The highest BCUT2D eigenvalue weighted by molar-refractivity contribution is 5.59. The Morgan fingerprint density at radius 1 is 1.21 bits per heavy atom. The van der Waals surface area contributed by atoms with Crippen LogP contribution in [-0.4, -0.2) is 20.3 Å². The van der Waals surface area contributed by atoms with E-state index in [4.69, 9.17) is 0 Å². The lowest BCUT2D eigenvalue weighted by Gasteiger charge is -2.21. The summed E-state index contributed by atoms with van der Waals surface area (Å²) in [4.78, 5) is 4.52. The van der Waals surface area contributed by atoms with Crippen molar-refractivity contribution < 1.29 is 5.11 Å². The summed E-state index contributed by atoms with van der Waals surface area (Å²) in [5.41, 5.74) is 1.47. The van der Waals surface area contributed by atoms with Crippen molar-refractivity contribution in [2.24, 2.45) is 0 Å². The van der Waals surface area contributed by atoms with Crippen LogP contribution in [0.15, 0.2) is 36.5 Å². The fourth-order valence-corrected chi connectivity index (χ4v) is 2.24. The molecule has 0 aliphatic heterocycles. The van der Waals surface area contributed by atoms with E-state index in [1.807, 2.05) is 38.2 Å². The van der Waals surface area contributed by atoms with E-state index in [1.54, 1.807) is 0 Å². The van der Waals surface area contributed by atoms with Gasteiger partial charge in [0.05, 0.1) is 24.0 Å². The maximum absolute atomic E-state index is 10.1. The number of benzene rings is 1. The molecule has 1 heterocycles. The Morgan fingerprint density at radius 2 is 1.89 bits per heavy atom. The van der Waals surface area contributed by atoms with Gasteiger partial charge in [-0.1, -0.05) is 37.3 Å². The van der Waals surface area contributed by atoms with Crippen LogP contribution in [0.4, 0.5) is 0 Å². The van der Waals surface area contributed by atoms with Gasteiger partial charge in [-0.3, -0.25) is 0 Å². The second-order valence-corrected chi connectivity index (χ2v) is 5.57. The number of rotatable bonds is 5. The summed E-state index contributed by atoms with van der Waals surface area (Å²) in [7, 11) is 0. The van der Waals surface area contributed by atoms with Crippen LogP contribution in [0.5, 0.6) is 0 Å². The molecule has 0 spiro atoms. The van der Waals surface area contributed by atoms with E-state index in [-0.39, 0.29) is 0 Å². The molecule has 0 unspecified atom stereocenters.